The highest BCUT2D eigenvalue weighted by Gasteiger charge is 2.25. The van der Waals surface area contributed by atoms with E-state index >= 15 is 0 Å². The zero-order valence-corrected chi connectivity index (χ0v) is 15.3. The van der Waals surface area contributed by atoms with Gasteiger partial charge in [0.05, 0.1) is 0 Å². The van der Waals surface area contributed by atoms with Gasteiger partial charge in [-0.05, 0) is 49.3 Å². The molecule has 0 amide bonds. The van der Waals surface area contributed by atoms with Crippen molar-refractivity contribution in [2.75, 3.05) is 0 Å². The maximum Gasteiger partial charge on any atom is 0.0308 e. The van der Waals surface area contributed by atoms with Gasteiger partial charge in [0.15, 0.2) is 0 Å². The van der Waals surface area contributed by atoms with Crippen LogP contribution in [0.5, 0.6) is 0 Å². The second-order valence-corrected chi connectivity index (χ2v) is 7.16. The van der Waals surface area contributed by atoms with Crippen molar-refractivity contribution in [3.8, 4) is 0 Å². The van der Waals surface area contributed by atoms with E-state index in [1.807, 2.05) is 0 Å². The van der Waals surface area contributed by atoms with Crippen LogP contribution >= 0.6 is 0 Å². The Balaban J connectivity index is 2.16. The summed E-state index contributed by atoms with van der Waals surface area (Å²) in [6.07, 6.45) is 6.97. The molecule has 1 atom stereocenters. The molecule has 124 valence electrons. The van der Waals surface area contributed by atoms with Gasteiger partial charge < -0.3 is 0 Å². The smallest absolute Gasteiger partial charge is 0.0308 e. The zero-order valence-electron chi connectivity index (χ0n) is 15.3. The van der Waals surface area contributed by atoms with Crippen molar-refractivity contribution in [1.29, 1.82) is 0 Å². The van der Waals surface area contributed by atoms with Crippen LogP contribution in [0.2, 0.25) is 0 Å². The first kappa shape index (κ1) is 16.8. The van der Waals surface area contributed by atoms with E-state index in [9.17, 15) is 0 Å². The summed E-state index contributed by atoms with van der Waals surface area (Å²) < 4.78 is 0. The number of hydrogen-bond donors (Lipinski definition) is 0. The van der Waals surface area contributed by atoms with Crippen LogP contribution in [0.3, 0.4) is 0 Å². The summed E-state index contributed by atoms with van der Waals surface area (Å²) in [6.45, 7) is 9.02. The number of allylic oxidation sites excluding steroid dienone is 4. The first-order chi connectivity index (χ1) is 11.6. The van der Waals surface area contributed by atoms with Crippen molar-refractivity contribution >= 4 is 0 Å². The van der Waals surface area contributed by atoms with Crippen LogP contribution in [0.15, 0.2) is 71.8 Å². The molecule has 0 spiro atoms. The lowest BCUT2D eigenvalue weighted by Crippen LogP contribution is -2.08. The van der Waals surface area contributed by atoms with E-state index in [0.717, 1.165) is 6.42 Å². The van der Waals surface area contributed by atoms with Gasteiger partial charge in [0.1, 0.15) is 0 Å². The summed E-state index contributed by atoms with van der Waals surface area (Å²) in [4.78, 5) is 0. The second-order valence-electron chi connectivity index (χ2n) is 7.16. The maximum atomic E-state index is 2.36. The summed E-state index contributed by atoms with van der Waals surface area (Å²) in [5.74, 6) is 0.986. The summed E-state index contributed by atoms with van der Waals surface area (Å²) >= 11 is 0. The average molecular weight is 316 g/mol. The number of benzene rings is 2. The van der Waals surface area contributed by atoms with Crippen molar-refractivity contribution in [2.45, 2.75) is 46.5 Å². The molecular weight excluding hydrogens is 288 g/mol. The van der Waals surface area contributed by atoms with Crippen molar-refractivity contribution < 1.29 is 0 Å². The molecule has 0 heteroatoms. The van der Waals surface area contributed by atoms with Crippen LogP contribution in [-0.2, 0) is 0 Å². The molecule has 0 aliphatic heterocycles. The minimum Gasteiger partial charge on any atom is -0.0801 e. The standard InChI is InChI=1S/C24H28/c1-5-19(4)22-13-8-14-23(22)24(20-11-6-9-17(2)15-20)21-12-7-10-18(3)16-21/h6-13,15-16,19,24H,5,14H2,1-4H3. The van der Waals surface area contributed by atoms with Crippen LogP contribution in [0, 0.1) is 19.8 Å². The van der Waals surface area contributed by atoms with Gasteiger partial charge in [-0.3, -0.25) is 0 Å². The highest BCUT2D eigenvalue weighted by atomic mass is 14.3. The highest BCUT2D eigenvalue weighted by Crippen LogP contribution is 2.41. The molecule has 0 heterocycles. The third-order valence-corrected chi connectivity index (χ3v) is 5.25. The molecule has 0 nitrogen and oxygen atoms in total. The molecule has 0 saturated heterocycles. The van der Waals surface area contributed by atoms with Gasteiger partial charge in [-0.25, -0.2) is 0 Å². The van der Waals surface area contributed by atoms with Crippen molar-refractivity contribution in [1.82, 2.24) is 0 Å². The fraction of sp³-hybridized carbons (Fsp3) is 0.333. The van der Waals surface area contributed by atoms with Gasteiger partial charge in [0.2, 0.25) is 0 Å². The van der Waals surface area contributed by atoms with E-state index in [-0.39, 0.29) is 0 Å². The molecule has 1 unspecified atom stereocenters. The van der Waals surface area contributed by atoms with Crippen molar-refractivity contribution in [3.05, 3.63) is 94.1 Å². The lowest BCUT2D eigenvalue weighted by atomic mass is 9.80. The van der Waals surface area contributed by atoms with Gasteiger partial charge in [0.25, 0.3) is 0 Å². The molecule has 0 saturated carbocycles. The Morgan fingerprint density at radius 3 is 2.00 bits per heavy atom. The molecule has 0 bridgehead atoms. The van der Waals surface area contributed by atoms with Gasteiger partial charge in [-0.15, -0.1) is 0 Å². The predicted molar refractivity (Wildman–Crippen MR) is 104 cm³/mol. The molecule has 0 N–H and O–H groups in total. The molecule has 0 aromatic heterocycles. The molecule has 1 aliphatic rings. The van der Waals surface area contributed by atoms with E-state index < -0.39 is 0 Å². The normalized spacial score (nSPS) is 15.4. The fourth-order valence-corrected chi connectivity index (χ4v) is 3.82. The SMILES string of the molecule is CCC(C)C1=C(C(c2cccc(C)c2)c2cccc(C)c2)CC=C1. The van der Waals surface area contributed by atoms with Gasteiger partial charge in [0, 0.05) is 5.92 Å². The third kappa shape index (κ3) is 3.38. The van der Waals surface area contributed by atoms with Crippen LogP contribution in [-0.4, -0.2) is 0 Å². The Bertz CT molecular complexity index is 731. The van der Waals surface area contributed by atoms with E-state index in [1.54, 1.807) is 11.1 Å². The summed E-state index contributed by atoms with van der Waals surface area (Å²) in [7, 11) is 0. The van der Waals surface area contributed by atoms with Gasteiger partial charge >= 0.3 is 0 Å². The van der Waals surface area contributed by atoms with Crippen molar-refractivity contribution in [2.24, 2.45) is 5.92 Å². The van der Waals surface area contributed by atoms with Gasteiger partial charge in [-0.1, -0.05) is 91.2 Å². The Labute approximate surface area is 146 Å². The Morgan fingerprint density at radius 1 is 0.917 bits per heavy atom. The van der Waals surface area contributed by atoms with E-state index in [0.29, 0.717) is 11.8 Å². The Kier molecular flexibility index (Phi) is 5.04. The van der Waals surface area contributed by atoms with Crippen LogP contribution in [0.4, 0.5) is 0 Å². The minimum absolute atomic E-state index is 0.365. The topological polar surface area (TPSA) is 0 Å². The first-order valence-electron chi connectivity index (χ1n) is 9.12. The van der Waals surface area contributed by atoms with Gasteiger partial charge in [-0.2, -0.15) is 0 Å². The second kappa shape index (κ2) is 7.21. The minimum atomic E-state index is 0.365. The van der Waals surface area contributed by atoms with Crippen molar-refractivity contribution in [3.63, 3.8) is 0 Å². The van der Waals surface area contributed by atoms with Crippen LogP contribution in [0.1, 0.15) is 54.9 Å². The third-order valence-electron chi connectivity index (χ3n) is 5.25. The number of rotatable bonds is 5. The fourth-order valence-electron chi connectivity index (χ4n) is 3.82. The first-order valence-corrected chi connectivity index (χ1v) is 9.12. The average Bonchev–Trinajstić information content (AvgIpc) is 3.04. The summed E-state index contributed by atoms with van der Waals surface area (Å²) in [5, 5.41) is 0. The van der Waals surface area contributed by atoms with Crippen LogP contribution < -0.4 is 0 Å². The molecule has 3 rings (SSSR count). The van der Waals surface area contributed by atoms with E-state index in [2.05, 4.69) is 88.4 Å². The lowest BCUT2D eigenvalue weighted by Gasteiger charge is -2.24. The lowest BCUT2D eigenvalue weighted by molar-refractivity contribution is 0.658. The van der Waals surface area contributed by atoms with E-state index in [4.69, 9.17) is 0 Å². The molecule has 0 fully saturated rings. The van der Waals surface area contributed by atoms with E-state index in [1.165, 1.54) is 28.7 Å². The van der Waals surface area contributed by atoms with Crippen LogP contribution in [0.25, 0.3) is 0 Å². The number of hydrogen-bond acceptors (Lipinski definition) is 0. The molecule has 0 radical (unpaired) electrons. The number of aryl methyl sites for hydroxylation is 2. The zero-order chi connectivity index (χ0) is 17.1. The molecule has 2 aromatic rings. The monoisotopic (exact) mass is 316 g/mol. The Hall–Kier alpha value is -2.08. The summed E-state index contributed by atoms with van der Waals surface area (Å²) in [6, 6.07) is 18.1. The molecule has 1 aliphatic carbocycles. The highest BCUT2D eigenvalue weighted by molar-refractivity contribution is 5.50. The summed E-state index contributed by atoms with van der Waals surface area (Å²) in [5.41, 5.74) is 8.63. The molecule has 24 heavy (non-hydrogen) atoms. The molecule has 2 aromatic carbocycles. The maximum absolute atomic E-state index is 2.36. The predicted octanol–water partition coefficient (Wildman–Crippen LogP) is 6.74. The molecular formula is C24H28. The quantitative estimate of drug-likeness (QED) is 0.573. The largest absolute Gasteiger partial charge is 0.0801 e. The Morgan fingerprint density at radius 2 is 1.50 bits per heavy atom.